The predicted octanol–water partition coefficient (Wildman–Crippen LogP) is 5.23. The van der Waals surface area contributed by atoms with E-state index in [-0.39, 0.29) is 35.2 Å². The number of halogens is 6. The summed E-state index contributed by atoms with van der Waals surface area (Å²) in [4.78, 5) is 36.0. The predicted molar refractivity (Wildman–Crippen MR) is 119 cm³/mol. The molecule has 3 rings (SSSR count). The van der Waals surface area contributed by atoms with Gasteiger partial charge in [0.1, 0.15) is 5.52 Å². The maximum atomic E-state index is 15.2. The number of esters is 1. The van der Waals surface area contributed by atoms with E-state index in [0.29, 0.717) is 10.7 Å². The molecule has 0 aliphatic heterocycles. The zero-order valence-electron chi connectivity index (χ0n) is 17.5. The van der Waals surface area contributed by atoms with Crippen LogP contribution in [0.4, 0.5) is 28.9 Å². The SMILES string of the molecule is COC(=O)c1cc2c(ncn2CCC(=O)O)c(F)c1Nc1ccc(Br)cc1Cl.O=C(O)C(F)(F)F. The monoisotopic (exact) mass is 583 g/mol. The van der Waals surface area contributed by atoms with Gasteiger partial charge in [-0.25, -0.2) is 19.0 Å². The van der Waals surface area contributed by atoms with E-state index in [9.17, 15) is 22.8 Å². The molecule has 1 aromatic heterocycles. The van der Waals surface area contributed by atoms with Gasteiger partial charge in [0, 0.05) is 11.0 Å². The van der Waals surface area contributed by atoms with E-state index < -0.39 is 29.9 Å². The van der Waals surface area contributed by atoms with Crippen LogP contribution in [0.15, 0.2) is 35.1 Å². The number of hydrogen-bond donors (Lipinski definition) is 3. The lowest BCUT2D eigenvalue weighted by molar-refractivity contribution is -0.192. The molecule has 35 heavy (non-hydrogen) atoms. The number of anilines is 2. The zero-order valence-corrected chi connectivity index (χ0v) is 19.8. The minimum Gasteiger partial charge on any atom is -0.481 e. The van der Waals surface area contributed by atoms with Crippen molar-refractivity contribution in [1.82, 2.24) is 9.55 Å². The van der Waals surface area contributed by atoms with Crippen molar-refractivity contribution >= 4 is 67.8 Å². The lowest BCUT2D eigenvalue weighted by atomic mass is 10.1. The summed E-state index contributed by atoms with van der Waals surface area (Å²) in [6, 6.07) is 6.37. The number of methoxy groups -OCH3 is 1. The molecule has 0 atom stereocenters. The van der Waals surface area contributed by atoms with Crippen molar-refractivity contribution in [3.8, 4) is 0 Å². The van der Waals surface area contributed by atoms with E-state index in [4.69, 9.17) is 31.3 Å². The molecule has 1 heterocycles. The summed E-state index contributed by atoms with van der Waals surface area (Å²) in [5, 5.41) is 19.1. The molecule has 9 nitrogen and oxygen atoms in total. The zero-order chi connectivity index (χ0) is 26.5. The quantitative estimate of drug-likeness (QED) is 0.265. The second kappa shape index (κ2) is 11.4. The van der Waals surface area contributed by atoms with E-state index in [1.165, 1.54) is 24.1 Å². The number of aryl methyl sites for hydroxylation is 1. The van der Waals surface area contributed by atoms with Crippen LogP contribution in [-0.4, -0.2) is 51.0 Å². The standard InChI is InChI=1S/C18H14BrClFN3O4.C2HF3O2/c1-28-18(27)10-7-13-17(22-8-24(13)5-4-14(25)26)15(21)16(10)23-12-3-2-9(19)6-11(12)20;3-2(4,5)1(6)7/h2-3,6-8,23H,4-5H2,1H3,(H,25,26);(H,6,7). The molecular weight excluding hydrogens is 570 g/mol. The molecule has 0 unspecified atom stereocenters. The van der Waals surface area contributed by atoms with Crippen molar-refractivity contribution in [2.45, 2.75) is 19.1 Å². The maximum absolute atomic E-state index is 15.2. The van der Waals surface area contributed by atoms with Crippen molar-refractivity contribution in [3.05, 3.63) is 51.5 Å². The summed E-state index contributed by atoms with van der Waals surface area (Å²) in [5.74, 6) is -5.29. The van der Waals surface area contributed by atoms with Gasteiger partial charge in [-0.3, -0.25) is 4.79 Å². The van der Waals surface area contributed by atoms with Gasteiger partial charge >= 0.3 is 24.1 Å². The number of carboxylic acid groups (broad SMARTS) is 2. The number of benzene rings is 2. The number of hydrogen-bond acceptors (Lipinski definition) is 6. The summed E-state index contributed by atoms with van der Waals surface area (Å²) in [6.45, 7) is 0.0806. The Bertz CT molecular complexity index is 1280. The highest BCUT2D eigenvalue weighted by molar-refractivity contribution is 9.10. The van der Waals surface area contributed by atoms with Crippen LogP contribution in [0.1, 0.15) is 16.8 Å². The normalized spacial score (nSPS) is 10.9. The Kier molecular flexibility index (Phi) is 9.04. The number of imidazole rings is 1. The summed E-state index contributed by atoms with van der Waals surface area (Å²) < 4.78 is 53.9. The minimum absolute atomic E-state index is 0.00576. The molecule has 0 spiro atoms. The molecule has 3 aromatic rings. The number of ether oxygens (including phenoxy) is 1. The van der Waals surface area contributed by atoms with Crippen molar-refractivity contribution in [1.29, 1.82) is 0 Å². The first-order valence-corrected chi connectivity index (χ1v) is 10.4. The third-order valence-corrected chi connectivity index (χ3v) is 5.07. The average Bonchev–Trinajstić information content (AvgIpc) is 3.18. The second-order valence-electron chi connectivity index (χ2n) is 6.61. The molecule has 3 N–H and O–H groups in total. The van der Waals surface area contributed by atoms with Crippen molar-refractivity contribution in [3.63, 3.8) is 0 Å². The van der Waals surface area contributed by atoms with E-state index in [2.05, 4.69) is 26.2 Å². The molecule has 0 radical (unpaired) electrons. The van der Waals surface area contributed by atoms with Crippen LogP contribution in [0.2, 0.25) is 5.02 Å². The highest BCUT2D eigenvalue weighted by atomic mass is 79.9. The highest BCUT2D eigenvalue weighted by Crippen LogP contribution is 2.34. The first-order chi connectivity index (χ1) is 16.3. The van der Waals surface area contributed by atoms with E-state index in [1.807, 2.05) is 0 Å². The number of nitrogens with zero attached hydrogens (tertiary/aromatic N) is 2. The lowest BCUT2D eigenvalue weighted by Crippen LogP contribution is -2.21. The van der Waals surface area contributed by atoms with E-state index >= 15 is 4.39 Å². The Morgan fingerprint density at radius 3 is 2.37 bits per heavy atom. The number of nitrogens with one attached hydrogen (secondary N) is 1. The fourth-order valence-corrected chi connectivity index (χ4v) is 3.39. The Hall–Kier alpha value is -3.39. The molecule has 0 aliphatic rings. The molecule has 2 aromatic carbocycles. The Morgan fingerprint density at radius 2 is 1.86 bits per heavy atom. The van der Waals surface area contributed by atoms with Gasteiger partial charge in [0.2, 0.25) is 0 Å². The fourth-order valence-electron chi connectivity index (χ4n) is 2.67. The fraction of sp³-hybridized carbons (Fsp3) is 0.200. The van der Waals surface area contributed by atoms with Crippen LogP contribution < -0.4 is 5.32 Å². The van der Waals surface area contributed by atoms with E-state index in [1.54, 1.807) is 18.2 Å². The molecule has 0 saturated heterocycles. The Labute approximate surface area is 207 Å². The number of carbonyl (C=O) groups is 3. The molecule has 0 fully saturated rings. The topological polar surface area (TPSA) is 131 Å². The van der Waals surface area contributed by atoms with Crippen LogP contribution in [0, 0.1) is 5.82 Å². The summed E-state index contributed by atoms with van der Waals surface area (Å²) in [6.07, 6.45) is -3.93. The first-order valence-electron chi connectivity index (χ1n) is 9.25. The van der Waals surface area contributed by atoms with Crippen LogP contribution in [-0.2, 0) is 20.9 Å². The average molecular weight is 585 g/mol. The summed E-state index contributed by atoms with van der Waals surface area (Å²) >= 11 is 9.47. The number of aromatic nitrogens is 2. The number of aliphatic carboxylic acids is 2. The molecule has 188 valence electrons. The number of fused-ring (bicyclic) bond motifs is 1. The Balaban J connectivity index is 0.000000540. The van der Waals surface area contributed by atoms with Gasteiger partial charge in [0.15, 0.2) is 5.82 Å². The van der Waals surface area contributed by atoms with Gasteiger partial charge in [-0.1, -0.05) is 27.5 Å². The van der Waals surface area contributed by atoms with Crippen LogP contribution in [0.3, 0.4) is 0 Å². The van der Waals surface area contributed by atoms with Crippen LogP contribution in [0.25, 0.3) is 11.0 Å². The molecule has 0 saturated carbocycles. The molecule has 0 aliphatic carbocycles. The second-order valence-corrected chi connectivity index (χ2v) is 7.93. The van der Waals surface area contributed by atoms with Gasteiger partial charge in [0.05, 0.1) is 47.3 Å². The van der Waals surface area contributed by atoms with Crippen molar-refractivity contribution < 1.29 is 46.9 Å². The third kappa shape index (κ3) is 7.05. The minimum atomic E-state index is -5.08. The van der Waals surface area contributed by atoms with Gasteiger partial charge in [-0.05, 0) is 24.3 Å². The van der Waals surface area contributed by atoms with Crippen LogP contribution >= 0.6 is 27.5 Å². The number of alkyl halides is 3. The van der Waals surface area contributed by atoms with E-state index in [0.717, 1.165) is 4.47 Å². The van der Waals surface area contributed by atoms with Crippen molar-refractivity contribution in [2.24, 2.45) is 0 Å². The molecular formula is C20H15BrClF4N3O6. The van der Waals surface area contributed by atoms with Crippen LogP contribution in [0.5, 0.6) is 0 Å². The number of rotatable bonds is 6. The molecule has 0 amide bonds. The first kappa shape index (κ1) is 27.9. The van der Waals surface area contributed by atoms with Gasteiger partial charge in [-0.15, -0.1) is 0 Å². The highest BCUT2D eigenvalue weighted by Gasteiger charge is 2.38. The third-order valence-electron chi connectivity index (χ3n) is 4.26. The van der Waals surface area contributed by atoms with Gasteiger partial charge < -0.3 is 24.8 Å². The van der Waals surface area contributed by atoms with Gasteiger partial charge in [-0.2, -0.15) is 13.2 Å². The molecule has 0 bridgehead atoms. The number of carbonyl (C=O) groups excluding carboxylic acids is 1. The Morgan fingerprint density at radius 1 is 1.23 bits per heavy atom. The van der Waals surface area contributed by atoms with Gasteiger partial charge in [0.25, 0.3) is 0 Å². The maximum Gasteiger partial charge on any atom is 0.490 e. The molecule has 15 heteroatoms. The van der Waals surface area contributed by atoms with Crippen molar-refractivity contribution in [2.75, 3.05) is 12.4 Å². The summed E-state index contributed by atoms with van der Waals surface area (Å²) in [5.41, 5.74) is 0.467. The number of carboxylic acids is 2. The summed E-state index contributed by atoms with van der Waals surface area (Å²) in [7, 11) is 1.18. The smallest absolute Gasteiger partial charge is 0.481 e. The largest absolute Gasteiger partial charge is 0.490 e. The lowest BCUT2D eigenvalue weighted by Gasteiger charge is -2.14.